The van der Waals surface area contributed by atoms with Gasteiger partial charge in [-0.15, -0.1) is 0 Å². The van der Waals surface area contributed by atoms with Gasteiger partial charge in [0.05, 0.1) is 13.2 Å². The van der Waals surface area contributed by atoms with Crippen molar-refractivity contribution in [2.24, 2.45) is 0 Å². The lowest BCUT2D eigenvalue weighted by atomic mass is 10.3. The molecule has 0 spiro atoms. The lowest BCUT2D eigenvalue weighted by Crippen LogP contribution is -2.35. The highest BCUT2D eigenvalue weighted by Gasteiger charge is 2.04. The molecular weight excluding hydrogens is 346 g/mol. The molecule has 0 saturated heterocycles. The van der Waals surface area contributed by atoms with Gasteiger partial charge in [-0.25, -0.2) is 0 Å². The number of hydrogen-bond acceptors (Lipinski definition) is 4. The highest BCUT2D eigenvalue weighted by molar-refractivity contribution is 7.80. The number of hydrogen-bond donors (Lipinski definition) is 2. The van der Waals surface area contributed by atoms with Crippen molar-refractivity contribution in [1.82, 2.24) is 5.32 Å². The van der Waals surface area contributed by atoms with Crippen LogP contribution in [0.4, 0.5) is 11.4 Å². The molecule has 0 atom stereocenters. The van der Waals surface area contributed by atoms with Crippen LogP contribution < -0.4 is 25.0 Å². The van der Waals surface area contributed by atoms with Crippen LogP contribution in [0.5, 0.6) is 11.5 Å². The van der Waals surface area contributed by atoms with Crippen molar-refractivity contribution in [3.63, 3.8) is 0 Å². The predicted octanol–water partition coefficient (Wildman–Crippen LogP) is 3.91. The van der Waals surface area contributed by atoms with Gasteiger partial charge >= 0.3 is 0 Å². The van der Waals surface area contributed by atoms with Gasteiger partial charge < -0.3 is 25.0 Å². The number of benzene rings is 2. The summed E-state index contributed by atoms with van der Waals surface area (Å²) < 4.78 is 10.9. The van der Waals surface area contributed by atoms with Crippen LogP contribution in [-0.4, -0.2) is 38.5 Å². The van der Waals surface area contributed by atoms with E-state index in [1.54, 1.807) is 7.11 Å². The Balaban J connectivity index is 1.77. The molecule has 0 unspecified atom stereocenters. The zero-order chi connectivity index (χ0) is 18.9. The Bertz CT molecular complexity index is 704. The minimum atomic E-state index is 0.142. The van der Waals surface area contributed by atoms with Crippen LogP contribution in [0.2, 0.25) is 0 Å². The molecule has 2 aromatic carbocycles. The third-order valence-electron chi connectivity index (χ3n) is 3.71. The van der Waals surface area contributed by atoms with Crippen LogP contribution in [0.15, 0.2) is 48.5 Å². The monoisotopic (exact) mass is 373 g/mol. The summed E-state index contributed by atoms with van der Waals surface area (Å²) in [5.74, 6) is 1.68. The molecule has 0 aromatic heterocycles. The SMILES string of the molecule is COc1ccc(N(C)CCNC(=S)Nc2cccc(OC(C)C)c2)cc1. The Morgan fingerprint density at radius 2 is 1.85 bits per heavy atom. The average Bonchev–Trinajstić information content (AvgIpc) is 2.61. The number of likely N-dealkylation sites (N-methyl/N-ethyl adjacent to an activating group) is 1. The van der Waals surface area contributed by atoms with E-state index in [1.807, 2.05) is 69.4 Å². The van der Waals surface area contributed by atoms with E-state index in [2.05, 4.69) is 15.5 Å². The van der Waals surface area contributed by atoms with Gasteiger partial charge in [-0.1, -0.05) is 6.07 Å². The highest BCUT2D eigenvalue weighted by Crippen LogP contribution is 2.19. The van der Waals surface area contributed by atoms with Gasteiger partial charge in [-0.3, -0.25) is 0 Å². The quantitative estimate of drug-likeness (QED) is 0.684. The first-order valence-corrected chi connectivity index (χ1v) is 9.05. The molecule has 0 aliphatic carbocycles. The summed E-state index contributed by atoms with van der Waals surface area (Å²) >= 11 is 5.37. The third-order valence-corrected chi connectivity index (χ3v) is 3.96. The fourth-order valence-corrected chi connectivity index (χ4v) is 2.62. The summed E-state index contributed by atoms with van der Waals surface area (Å²) in [4.78, 5) is 2.16. The number of rotatable bonds is 8. The van der Waals surface area contributed by atoms with Crippen molar-refractivity contribution >= 4 is 28.7 Å². The van der Waals surface area contributed by atoms with E-state index in [9.17, 15) is 0 Å². The number of ether oxygens (including phenoxy) is 2. The molecule has 0 aliphatic heterocycles. The largest absolute Gasteiger partial charge is 0.497 e. The second-order valence-electron chi connectivity index (χ2n) is 6.19. The normalized spacial score (nSPS) is 10.3. The Kier molecular flexibility index (Phi) is 7.53. The van der Waals surface area contributed by atoms with E-state index in [0.717, 1.165) is 36.0 Å². The Hall–Kier alpha value is -2.47. The number of nitrogens with zero attached hydrogens (tertiary/aromatic N) is 1. The lowest BCUT2D eigenvalue weighted by Gasteiger charge is -2.20. The summed E-state index contributed by atoms with van der Waals surface area (Å²) in [6.07, 6.45) is 0.142. The summed E-state index contributed by atoms with van der Waals surface area (Å²) in [7, 11) is 3.72. The van der Waals surface area contributed by atoms with Gasteiger partial charge in [0.25, 0.3) is 0 Å². The fraction of sp³-hybridized carbons (Fsp3) is 0.350. The molecule has 0 fully saturated rings. The maximum atomic E-state index is 5.70. The van der Waals surface area contributed by atoms with E-state index in [0.29, 0.717) is 5.11 Å². The Labute approximate surface area is 161 Å². The van der Waals surface area contributed by atoms with Crippen LogP contribution in [0, 0.1) is 0 Å². The van der Waals surface area contributed by atoms with Gasteiger partial charge in [0.1, 0.15) is 11.5 Å². The fourth-order valence-electron chi connectivity index (χ4n) is 2.40. The van der Waals surface area contributed by atoms with Crippen molar-refractivity contribution in [2.45, 2.75) is 20.0 Å². The standard InChI is InChI=1S/C20H27N3O2S/c1-15(2)25-19-7-5-6-16(14-19)22-20(26)21-12-13-23(3)17-8-10-18(24-4)11-9-17/h5-11,14-15H,12-13H2,1-4H3,(H2,21,22,26). The molecule has 0 heterocycles. The van der Waals surface area contributed by atoms with Crippen LogP contribution >= 0.6 is 12.2 Å². The zero-order valence-electron chi connectivity index (χ0n) is 15.8. The summed E-state index contributed by atoms with van der Waals surface area (Å²) in [5.41, 5.74) is 2.04. The molecule has 2 N–H and O–H groups in total. The maximum absolute atomic E-state index is 5.70. The minimum Gasteiger partial charge on any atom is -0.497 e. The molecular formula is C20H27N3O2S. The number of methoxy groups -OCH3 is 1. The molecule has 0 bridgehead atoms. The van der Waals surface area contributed by atoms with Crippen LogP contribution in [0.1, 0.15) is 13.8 Å². The molecule has 0 saturated carbocycles. The van der Waals surface area contributed by atoms with Gasteiger partial charge in [0.15, 0.2) is 5.11 Å². The molecule has 0 radical (unpaired) electrons. The maximum Gasteiger partial charge on any atom is 0.170 e. The average molecular weight is 374 g/mol. The Morgan fingerprint density at radius 1 is 1.12 bits per heavy atom. The number of thiocarbonyl (C=S) groups is 1. The van der Waals surface area contributed by atoms with E-state index in [4.69, 9.17) is 21.7 Å². The molecule has 140 valence electrons. The predicted molar refractivity (Wildman–Crippen MR) is 113 cm³/mol. The minimum absolute atomic E-state index is 0.142. The number of nitrogens with one attached hydrogen (secondary N) is 2. The summed E-state index contributed by atoms with van der Waals surface area (Å²) in [6.45, 7) is 5.57. The van der Waals surface area contributed by atoms with Crippen molar-refractivity contribution in [2.75, 3.05) is 37.5 Å². The van der Waals surface area contributed by atoms with E-state index >= 15 is 0 Å². The van der Waals surface area contributed by atoms with Crippen molar-refractivity contribution in [3.8, 4) is 11.5 Å². The zero-order valence-corrected chi connectivity index (χ0v) is 16.6. The molecule has 2 rings (SSSR count). The topological polar surface area (TPSA) is 45.8 Å². The summed E-state index contributed by atoms with van der Waals surface area (Å²) in [5, 5.41) is 7.01. The van der Waals surface area contributed by atoms with Crippen molar-refractivity contribution in [1.29, 1.82) is 0 Å². The first-order valence-electron chi connectivity index (χ1n) is 8.64. The van der Waals surface area contributed by atoms with Crippen LogP contribution in [0.3, 0.4) is 0 Å². The first-order chi connectivity index (χ1) is 12.5. The molecule has 0 aliphatic rings. The lowest BCUT2D eigenvalue weighted by molar-refractivity contribution is 0.242. The molecule has 26 heavy (non-hydrogen) atoms. The molecule has 2 aromatic rings. The van der Waals surface area contributed by atoms with Gasteiger partial charge in [-0.05, 0) is 62.5 Å². The number of anilines is 2. The van der Waals surface area contributed by atoms with Crippen molar-refractivity contribution < 1.29 is 9.47 Å². The van der Waals surface area contributed by atoms with Gasteiger partial charge in [0.2, 0.25) is 0 Å². The van der Waals surface area contributed by atoms with E-state index < -0.39 is 0 Å². The van der Waals surface area contributed by atoms with E-state index in [1.165, 1.54) is 0 Å². The third kappa shape index (κ3) is 6.44. The van der Waals surface area contributed by atoms with Gasteiger partial charge in [-0.2, -0.15) is 0 Å². The molecule has 6 heteroatoms. The van der Waals surface area contributed by atoms with Crippen molar-refractivity contribution in [3.05, 3.63) is 48.5 Å². The van der Waals surface area contributed by atoms with Crippen LogP contribution in [-0.2, 0) is 0 Å². The first kappa shape index (κ1) is 19.8. The molecule has 5 nitrogen and oxygen atoms in total. The smallest absolute Gasteiger partial charge is 0.170 e. The van der Waals surface area contributed by atoms with E-state index in [-0.39, 0.29) is 6.10 Å². The Morgan fingerprint density at radius 3 is 2.50 bits per heavy atom. The summed E-state index contributed by atoms with van der Waals surface area (Å²) in [6, 6.07) is 15.8. The molecule has 0 amide bonds. The second-order valence-corrected chi connectivity index (χ2v) is 6.60. The van der Waals surface area contributed by atoms with Crippen LogP contribution in [0.25, 0.3) is 0 Å². The second kappa shape index (κ2) is 9.87. The highest BCUT2D eigenvalue weighted by atomic mass is 32.1. The van der Waals surface area contributed by atoms with Gasteiger partial charge in [0, 0.05) is 37.6 Å².